The molecule has 1 aliphatic heterocycles. The molecule has 2 N–H and O–H groups in total. The Hall–Kier alpha value is -5.53. The zero-order valence-corrected chi connectivity index (χ0v) is 30.3. The highest BCUT2D eigenvalue weighted by molar-refractivity contribution is 5.90. The molecule has 14 heteroatoms. The van der Waals surface area contributed by atoms with E-state index < -0.39 is 29.2 Å². The van der Waals surface area contributed by atoms with E-state index in [1.54, 1.807) is 43.4 Å². The summed E-state index contributed by atoms with van der Waals surface area (Å²) in [4.78, 5) is 42.9. The molecule has 1 fully saturated rings. The summed E-state index contributed by atoms with van der Waals surface area (Å²) in [5.74, 6) is 0.0599. The van der Waals surface area contributed by atoms with Crippen molar-refractivity contribution in [2.75, 3.05) is 0 Å². The van der Waals surface area contributed by atoms with Crippen LogP contribution in [0.4, 0.5) is 13.2 Å². The summed E-state index contributed by atoms with van der Waals surface area (Å²) in [5.41, 5.74) is 2.78. The van der Waals surface area contributed by atoms with E-state index >= 15 is 0 Å². The number of allylic oxidation sites excluding steroid dienone is 2. The average molecular weight is 728 g/mol. The van der Waals surface area contributed by atoms with Gasteiger partial charge in [0.1, 0.15) is 11.9 Å². The van der Waals surface area contributed by atoms with Gasteiger partial charge in [-0.2, -0.15) is 18.3 Å². The summed E-state index contributed by atoms with van der Waals surface area (Å²) in [6.07, 6.45) is 13.3. The number of carbonyl (C=O) groups is 2. The summed E-state index contributed by atoms with van der Waals surface area (Å²) in [6.45, 7) is 11.5. The lowest BCUT2D eigenvalue weighted by molar-refractivity contribution is -0.137. The molecule has 2 aliphatic rings. The SMILES string of the molecule is C=C1N=CC=CN1/C(=C\CCC)CC(NC(=O)C1CC1c1ccc(-c2cnc3nc(CC)cn3c2)cc1)C(=O)NC(C)(C)Cn1cc(C(F)(F)F)cn1. The number of rotatable bonds is 14. The Balaban J connectivity index is 1.17. The molecule has 1 aromatic carbocycles. The molecule has 4 aromatic rings. The molecule has 2 amide bonds. The highest BCUT2D eigenvalue weighted by atomic mass is 19.4. The molecule has 4 heterocycles. The van der Waals surface area contributed by atoms with E-state index in [1.165, 1.54) is 0 Å². The van der Waals surface area contributed by atoms with Gasteiger partial charge in [-0.15, -0.1) is 0 Å². The molecular weight excluding hydrogens is 683 g/mol. The predicted octanol–water partition coefficient (Wildman–Crippen LogP) is 6.80. The quantitative estimate of drug-likeness (QED) is 0.147. The number of hydrogen-bond donors (Lipinski definition) is 2. The minimum Gasteiger partial charge on any atom is -0.348 e. The lowest BCUT2D eigenvalue weighted by Crippen LogP contribution is -2.55. The second-order valence-electron chi connectivity index (χ2n) is 14.2. The Morgan fingerprint density at radius 1 is 1.08 bits per heavy atom. The molecule has 11 nitrogen and oxygen atoms in total. The van der Waals surface area contributed by atoms with Crippen molar-refractivity contribution in [1.29, 1.82) is 0 Å². The largest absolute Gasteiger partial charge is 0.419 e. The summed E-state index contributed by atoms with van der Waals surface area (Å²) < 4.78 is 42.7. The standard InChI is InChI=1S/C39H44F3N9O2/c1-6-8-10-31(51-16-9-15-43-25(51)3)17-34(36(53)48-38(4,5)24-50-22-29(20-45-50)39(40,41)42)47-35(52)33-18-32(33)27-13-11-26(12-14-27)28-19-44-37-46-30(7-2)23-49(37)21-28/h9-16,19-23,32-34H,3,6-8,17-18,24H2,1-2,4-5H3,(H,47,52)(H,48,53)/b31-10-. The first kappa shape index (κ1) is 37.2. The van der Waals surface area contributed by atoms with Gasteiger partial charge in [-0.05, 0) is 56.2 Å². The molecule has 0 bridgehead atoms. The van der Waals surface area contributed by atoms with Crippen LogP contribution in [-0.4, -0.2) is 58.7 Å². The van der Waals surface area contributed by atoms with Crippen LogP contribution in [0.2, 0.25) is 0 Å². The van der Waals surface area contributed by atoms with Crippen molar-refractivity contribution >= 4 is 23.8 Å². The summed E-state index contributed by atoms with van der Waals surface area (Å²) >= 11 is 0. The van der Waals surface area contributed by atoms with Gasteiger partial charge in [-0.25, -0.2) is 15.0 Å². The van der Waals surface area contributed by atoms with Gasteiger partial charge < -0.3 is 15.5 Å². The fourth-order valence-electron chi connectivity index (χ4n) is 6.44. The predicted molar refractivity (Wildman–Crippen MR) is 196 cm³/mol. The van der Waals surface area contributed by atoms with Crippen molar-refractivity contribution in [2.24, 2.45) is 10.9 Å². The number of aliphatic imine (C=N–C) groups is 1. The maximum Gasteiger partial charge on any atom is 0.419 e. The lowest BCUT2D eigenvalue weighted by atomic mass is 10.0. The summed E-state index contributed by atoms with van der Waals surface area (Å²) in [7, 11) is 0. The van der Waals surface area contributed by atoms with Crippen molar-refractivity contribution in [2.45, 2.75) is 90.0 Å². The summed E-state index contributed by atoms with van der Waals surface area (Å²) in [6, 6.07) is 7.09. The number of unbranched alkanes of at least 4 members (excludes halogenated alkanes) is 1. The second-order valence-corrected chi connectivity index (χ2v) is 14.2. The van der Waals surface area contributed by atoms with Crippen molar-refractivity contribution in [3.63, 3.8) is 0 Å². The number of aromatic nitrogens is 5. The number of nitrogens with one attached hydrogen (secondary N) is 2. The number of alkyl halides is 3. The van der Waals surface area contributed by atoms with E-state index in [0.717, 1.165) is 64.4 Å². The van der Waals surface area contributed by atoms with Crippen LogP contribution in [0.25, 0.3) is 16.9 Å². The summed E-state index contributed by atoms with van der Waals surface area (Å²) in [5, 5.41) is 9.81. The van der Waals surface area contributed by atoms with Crippen LogP contribution in [-0.2, 0) is 28.7 Å². The van der Waals surface area contributed by atoms with Gasteiger partial charge in [0, 0.05) is 60.8 Å². The number of benzene rings is 1. The molecule has 1 saturated carbocycles. The molecule has 278 valence electrons. The first-order valence-electron chi connectivity index (χ1n) is 17.8. The molecular formula is C39H44F3N9O2. The molecule has 6 rings (SSSR count). The number of carbonyl (C=O) groups excluding carboxylic acids is 2. The molecule has 0 saturated heterocycles. The molecule has 0 spiro atoms. The smallest absolute Gasteiger partial charge is 0.348 e. The van der Waals surface area contributed by atoms with Crippen molar-refractivity contribution in [1.82, 2.24) is 39.7 Å². The molecule has 3 unspecified atom stereocenters. The lowest BCUT2D eigenvalue weighted by Gasteiger charge is -2.31. The Morgan fingerprint density at radius 2 is 1.85 bits per heavy atom. The molecule has 3 atom stereocenters. The molecule has 1 aliphatic carbocycles. The van der Waals surface area contributed by atoms with E-state index in [-0.39, 0.29) is 30.7 Å². The van der Waals surface area contributed by atoms with E-state index in [9.17, 15) is 22.8 Å². The third kappa shape index (κ3) is 8.93. The number of nitrogens with zero attached hydrogens (tertiary/aromatic N) is 7. The van der Waals surface area contributed by atoms with E-state index in [2.05, 4.69) is 44.2 Å². The van der Waals surface area contributed by atoms with Crippen LogP contribution in [0.15, 0.2) is 96.7 Å². The first-order chi connectivity index (χ1) is 25.2. The van der Waals surface area contributed by atoms with Gasteiger partial charge in [0.25, 0.3) is 0 Å². The first-order valence-corrected chi connectivity index (χ1v) is 17.8. The third-order valence-electron chi connectivity index (χ3n) is 9.35. The van der Waals surface area contributed by atoms with Crippen molar-refractivity contribution in [3.8, 4) is 11.1 Å². The molecule has 0 radical (unpaired) electrons. The molecule has 3 aromatic heterocycles. The van der Waals surface area contributed by atoms with Crippen molar-refractivity contribution < 1.29 is 22.8 Å². The Morgan fingerprint density at radius 3 is 2.53 bits per heavy atom. The van der Waals surface area contributed by atoms with E-state index in [1.807, 2.05) is 54.1 Å². The zero-order chi connectivity index (χ0) is 37.9. The van der Waals surface area contributed by atoms with Crippen LogP contribution < -0.4 is 10.6 Å². The zero-order valence-electron chi connectivity index (χ0n) is 30.3. The monoisotopic (exact) mass is 727 g/mol. The number of aryl methyl sites for hydroxylation is 1. The fourth-order valence-corrected chi connectivity index (χ4v) is 6.44. The number of halogens is 3. The number of imidazole rings is 1. The van der Waals surface area contributed by atoms with Crippen LogP contribution in [0.5, 0.6) is 0 Å². The van der Waals surface area contributed by atoms with Gasteiger partial charge in [-0.3, -0.25) is 18.7 Å². The number of fused-ring (bicyclic) bond motifs is 1. The minimum absolute atomic E-state index is 0.0116. The van der Waals surface area contributed by atoms with Gasteiger partial charge in [0.15, 0.2) is 0 Å². The second kappa shape index (κ2) is 15.2. The maximum atomic E-state index is 14.0. The number of hydrogen-bond acceptors (Lipinski definition) is 7. The van der Waals surface area contributed by atoms with Gasteiger partial charge in [0.2, 0.25) is 17.6 Å². The highest BCUT2D eigenvalue weighted by Gasteiger charge is 2.45. The van der Waals surface area contributed by atoms with Gasteiger partial charge >= 0.3 is 6.18 Å². The molecule has 53 heavy (non-hydrogen) atoms. The normalized spacial score (nSPS) is 18.1. The fraction of sp³-hybridized carbons (Fsp3) is 0.385. The maximum absolute atomic E-state index is 14.0. The van der Waals surface area contributed by atoms with Crippen LogP contribution in [0, 0.1) is 5.92 Å². The minimum atomic E-state index is -4.53. The van der Waals surface area contributed by atoms with E-state index in [4.69, 9.17) is 0 Å². The van der Waals surface area contributed by atoms with Crippen LogP contribution in [0.3, 0.4) is 0 Å². The van der Waals surface area contributed by atoms with Crippen LogP contribution >= 0.6 is 0 Å². The Bertz CT molecular complexity index is 2070. The van der Waals surface area contributed by atoms with E-state index in [0.29, 0.717) is 18.0 Å². The van der Waals surface area contributed by atoms with Crippen LogP contribution in [0.1, 0.15) is 76.1 Å². The Kier molecular flexibility index (Phi) is 10.7. The third-order valence-corrected chi connectivity index (χ3v) is 9.35. The van der Waals surface area contributed by atoms with Crippen molar-refractivity contribution in [3.05, 3.63) is 109 Å². The highest BCUT2D eigenvalue weighted by Crippen LogP contribution is 2.48. The topological polar surface area (TPSA) is 122 Å². The number of amides is 2. The Labute approximate surface area is 306 Å². The average Bonchev–Trinajstić information content (AvgIpc) is 3.59. The van der Waals surface area contributed by atoms with Gasteiger partial charge in [0.05, 0.1) is 29.5 Å². The van der Waals surface area contributed by atoms with Gasteiger partial charge in [-0.1, -0.05) is 57.2 Å².